The summed E-state index contributed by atoms with van der Waals surface area (Å²) in [4.78, 5) is 17.6. The summed E-state index contributed by atoms with van der Waals surface area (Å²) in [6.07, 6.45) is 2.35. The first-order valence-electron chi connectivity index (χ1n) is 7.77. The van der Waals surface area contributed by atoms with Crippen LogP contribution in [0.25, 0.3) is 0 Å². The average Bonchev–Trinajstić information content (AvgIpc) is 2.95. The molecule has 2 fully saturated rings. The van der Waals surface area contributed by atoms with Crippen LogP contribution < -0.4 is 5.32 Å². The second kappa shape index (κ2) is 7.18. The van der Waals surface area contributed by atoms with Crippen LogP contribution in [0.1, 0.15) is 12.8 Å². The maximum absolute atomic E-state index is 11.8. The molecule has 4 nitrogen and oxygen atoms in total. The van der Waals surface area contributed by atoms with Gasteiger partial charge in [-0.15, -0.1) is 11.8 Å². The van der Waals surface area contributed by atoms with E-state index in [4.69, 9.17) is 0 Å². The number of amides is 2. The van der Waals surface area contributed by atoms with Gasteiger partial charge in [-0.1, -0.05) is 18.2 Å². The van der Waals surface area contributed by atoms with Crippen molar-refractivity contribution < 1.29 is 4.79 Å². The molecule has 2 saturated heterocycles. The lowest BCUT2D eigenvalue weighted by Crippen LogP contribution is -2.49. The van der Waals surface area contributed by atoms with E-state index >= 15 is 0 Å². The molecule has 0 aromatic heterocycles. The van der Waals surface area contributed by atoms with Crippen LogP contribution in [0.4, 0.5) is 4.79 Å². The van der Waals surface area contributed by atoms with Crippen molar-refractivity contribution in [3.05, 3.63) is 30.3 Å². The third kappa shape index (κ3) is 3.92. The Bertz CT molecular complexity index is 468. The molecule has 21 heavy (non-hydrogen) atoms. The summed E-state index contributed by atoms with van der Waals surface area (Å²) in [7, 11) is 0. The van der Waals surface area contributed by atoms with Crippen molar-refractivity contribution in [2.75, 3.05) is 38.5 Å². The summed E-state index contributed by atoms with van der Waals surface area (Å²) < 4.78 is 0. The molecule has 2 heterocycles. The van der Waals surface area contributed by atoms with Crippen LogP contribution in [0.15, 0.2) is 35.2 Å². The van der Waals surface area contributed by atoms with Gasteiger partial charge in [0.2, 0.25) is 0 Å². The third-order valence-electron chi connectivity index (χ3n) is 4.23. The van der Waals surface area contributed by atoms with Crippen LogP contribution in [0.2, 0.25) is 0 Å². The molecule has 0 spiro atoms. The van der Waals surface area contributed by atoms with Crippen LogP contribution in [-0.2, 0) is 0 Å². The topological polar surface area (TPSA) is 35.6 Å². The van der Waals surface area contributed by atoms with Crippen LogP contribution >= 0.6 is 11.8 Å². The summed E-state index contributed by atoms with van der Waals surface area (Å²) in [6.45, 7) is 4.98. The number of carbonyl (C=O) groups is 1. The Kier molecular flexibility index (Phi) is 5.04. The van der Waals surface area contributed by atoms with Gasteiger partial charge in [-0.2, -0.15) is 0 Å². The van der Waals surface area contributed by atoms with Crippen molar-refractivity contribution in [3.63, 3.8) is 0 Å². The predicted octanol–water partition coefficient (Wildman–Crippen LogP) is 2.27. The van der Waals surface area contributed by atoms with Crippen LogP contribution in [0, 0.1) is 0 Å². The molecule has 2 aliphatic heterocycles. The maximum atomic E-state index is 11.8. The summed E-state index contributed by atoms with van der Waals surface area (Å²) in [5.74, 6) is 1.11. The number of nitrogens with zero attached hydrogens (tertiary/aromatic N) is 2. The molecule has 114 valence electrons. The van der Waals surface area contributed by atoms with Gasteiger partial charge in [-0.25, -0.2) is 4.79 Å². The van der Waals surface area contributed by atoms with Gasteiger partial charge >= 0.3 is 6.03 Å². The number of nitrogens with one attached hydrogen (secondary N) is 1. The second-order valence-corrected chi connectivity index (χ2v) is 6.85. The fourth-order valence-electron chi connectivity index (χ4n) is 3.13. The number of rotatable bonds is 5. The molecule has 2 aliphatic rings. The average molecular weight is 305 g/mol. The first-order chi connectivity index (χ1) is 10.3. The van der Waals surface area contributed by atoms with Crippen molar-refractivity contribution in [1.29, 1.82) is 0 Å². The number of thioether (sulfide) groups is 1. The van der Waals surface area contributed by atoms with Gasteiger partial charge in [-0.05, 0) is 31.5 Å². The van der Waals surface area contributed by atoms with E-state index in [-0.39, 0.29) is 6.03 Å². The summed E-state index contributed by atoms with van der Waals surface area (Å²) in [5.41, 5.74) is 0. The third-order valence-corrected chi connectivity index (χ3v) is 5.22. The van der Waals surface area contributed by atoms with E-state index < -0.39 is 0 Å². The van der Waals surface area contributed by atoms with Crippen molar-refractivity contribution in [2.45, 2.75) is 23.8 Å². The Morgan fingerprint density at radius 3 is 2.86 bits per heavy atom. The highest BCUT2D eigenvalue weighted by atomic mass is 32.2. The number of hydrogen-bond acceptors (Lipinski definition) is 3. The molecule has 0 saturated carbocycles. The van der Waals surface area contributed by atoms with Crippen LogP contribution in [0.5, 0.6) is 0 Å². The molecule has 0 bridgehead atoms. The molecule has 1 aromatic carbocycles. The Balaban J connectivity index is 1.44. The molecule has 1 atom stereocenters. The van der Waals surface area contributed by atoms with Crippen LogP contribution in [-0.4, -0.2) is 60.3 Å². The van der Waals surface area contributed by atoms with Crippen molar-refractivity contribution >= 4 is 17.8 Å². The first kappa shape index (κ1) is 14.7. The zero-order chi connectivity index (χ0) is 14.5. The Labute approximate surface area is 130 Å². The number of hydrogen-bond donors (Lipinski definition) is 1. The lowest BCUT2D eigenvalue weighted by molar-refractivity contribution is 0.131. The largest absolute Gasteiger partial charge is 0.336 e. The number of piperidine rings is 1. The van der Waals surface area contributed by atoms with E-state index in [1.54, 1.807) is 0 Å². The van der Waals surface area contributed by atoms with Crippen molar-refractivity contribution in [2.24, 2.45) is 0 Å². The minimum absolute atomic E-state index is 0.125. The van der Waals surface area contributed by atoms with Gasteiger partial charge in [0.15, 0.2) is 0 Å². The molecule has 5 heteroatoms. The highest BCUT2D eigenvalue weighted by Crippen LogP contribution is 2.20. The predicted molar refractivity (Wildman–Crippen MR) is 86.7 cm³/mol. The normalized spacial score (nSPS) is 23.3. The second-order valence-electron chi connectivity index (χ2n) is 5.68. The van der Waals surface area contributed by atoms with Crippen molar-refractivity contribution in [1.82, 2.24) is 15.1 Å². The van der Waals surface area contributed by atoms with Gasteiger partial charge < -0.3 is 15.1 Å². The molecule has 2 amide bonds. The molecule has 1 aromatic rings. The molecule has 1 N–H and O–H groups in total. The standard InChI is InChI=1S/C16H23N3OS/c20-16-17-8-10-19(16)14-5-4-9-18(13-14)11-12-21-15-6-2-1-3-7-15/h1-3,6-7,14H,4-5,8-13H2,(H,17,20). The molecule has 1 unspecified atom stereocenters. The fourth-order valence-corrected chi connectivity index (χ4v) is 4.07. The highest BCUT2D eigenvalue weighted by molar-refractivity contribution is 7.99. The lowest BCUT2D eigenvalue weighted by Gasteiger charge is -2.37. The van der Waals surface area contributed by atoms with Gasteiger partial charge in [0, 0.05) is 42.9 Å². The maximum Gasteiger partial charge on any atom is 0.317 e. The van der Waals surface area contributed by atoms with E-state index in [2.05, 4.69) is 40.5 Å². The van der Waals surface area contributed by atoms with Gasteiger partial charge in [0.05, 0.1) is 0 Å². The molecular formula is C16H23N3OS. The zero-order valence-corrected chi connectivity index (χ0v) is 13.1. The van der Waals surface area contributed by atoms with Gasteiger partial charge in [0.1, 0.15) is 0 Å². The Hall–Kier alpha value is -1.20. The minimum Gasteiger partial charge on any atom is -0.336 e. The number of urea groups is 1. The van der Waals surface area contributed by atoms with E-state index in [9.17, 15) is 4.79 Å². The fraction of sp³-hybridized carbons (Fsp3) is 0.562. The van der Waals surface area contributed by atoms with Gasteiger partial charge in [0.25, 0.3) is 0 Å². The molecular weight excluding hydrogens is 282 g/mol. The Morgan fingerprint density at radius 1 is 1.24 bits per heavy atom. The monoisotopic (exact) mass is 305 g/mol. The Morgan fingerprint density at radius 2 is 2.10 bits per heavy atom. The van der Waals surface area contributed by atoms with E-state index in [0.29, 0.717) is 6.04 Å². The minimum atomic E-state index is 0.125. The summed E-state index contributed by atoms with van der Waals surface area (Å²) in [6, 6.07) is 11.1. The molecule has 3 rings (SSSR count). The van der Waals surface area contributed by atoms with E-state index in [1.807, 2.05) is 16.7 Å². The summed E-state index contributed by atoms with van der Waals surface area (Å²) in [5, 5.41) is 2.91. The van der Waals surface area contributed by atoms with E-state index in [0.717, 1.165) is 38.4 Å². The lowest BCUT2D eigenvalue weighted by atomic mass is 10.0. The highest BCUT2D eigenvalue weighted by Gasteiger charge is 2.30. The molecule has 0 radical (unpaired) electrons. The molecule has 0 aliphatic carbocycles. The zero-order valence-electron chi connectivity index (χ0n) is 12.3. The quantitative estimate of drug-likeness (QED) is 0.848. The van der Waals surface area contributed by atoms with E-state index in [1.165, 1.54) is 17.9 Å². The van der Waals surface area contributed by atoms with Crippen LogP contribution in [0.3, 0.4) is 0 Å². The number of carbonyl (C=O) groups excluding carboxylic acids is 1. The SMILES string of the molecule is O=C1NCCN1C1CCCN(CCSc2ccccc2)C1. The number of benzene rings is 1. The first-order valence-corrected chi connectivity index (χ1v) is 8.76. The number of likely N-dealkylation sites (tertiary alicyclic amines) is 1. The summed E-state index contributed by atoms with van der Waals surface area (Å²) >= 11 is 1.91. The smallest absolute Gasteiger partial charge is 0.317 e. The van der Waals surface area contributed by atoms with Crippen molar-refractivity contribution in [3.8, 4) is 0 Å². The van der Waals surface area contributed by atoms with Gasteiger partial charge in [-0.3, -0.25) is 0 Å².